The number of hydrogen-bond acceptors (Lipinski definition) is 4. The van der Waals surface area contributed by atoms with Gasteiger partial charge in [-0.25, -0.2) is 4.79 Å². The number of fused-ring (bicyclic) bond motifs is 1. The van der Waals surface area contributed by atoms with E-state index in [0.717, 1.165) is 60.3 Å². The number of nitrogens with one attached hydrogen (secondary N) is 3. The number of alkyl carbamates (subject to hydrolysis) is 1. The summed E-state index contributed by atoms with van der Waals surface area (Å²) in [5, 5.41) is 6.72. The molecule has 1 heterocycles. The van der Waals surface area contributed by atoms with Crippen LogP contribution >= 0.6 is 0 Å². The fraction of sp³-hybridized carbons (Fsp3) is 0.577. The van der Waals surface area contributed by atoms with E-state index in [2.05, 4.69) is 15.6 Å². The molecule has 176 valence electrons. The van der Waals surface area contributed by atoms with E-state index in [1.165, 1.54) is 6.42 Å². The highest BCUT2D eigenvalue weighted by molar-refractivity contribution is 5.91. The van der Waals surface area contributed by atoms with E-state index in [1.807, 2.05) is 30.5 Å². The number of aldehydes is 1. The minimum absolute atomic E-state index is 0.0479. The van der Waals surface area contributed by atoms with Crippen LogP contribution in [0.5, 0.6) is 0 Å². The molecule has 7 heteroatoms. The van der Waals surface area contributed by atoms with Crippen molar-refractivity contribution in [2.24, 2.45) is 23.7 Å². The first-order valence-corrected chi connectivity index (χ1v) is 12.2. The summed E-state index contributed by atoms with van der Waals surface area (Å²) in [5.74, 6) is 2.18. The molecule has 1 atom stereocenters. The summed E-state index contributed by atoms with van der Waals surface area (Å²) in [4.78, 5) is 40.2. The Labute approximate surface area is 194 Å². The van der Waals surface area contributed by atoms with Gasteiger partial charge in [-0.15, -0.1) is 0 Å². The zero-order chi connectivity index (χ0) is 23.0. The molecule has 2 amide bonds. The molecule has 4 fully saturated rings. The first-order valence-electron chi connectivity index (χ1n) is 12.2. The van der Waals surface area contributed by atoms with Gasteiger partial charge in [0.05, 0.1) is 0 Å². The predicted octanol–water partition coefficient (Wildman–Crippen LogP) is 3.73. The average molecular weight is 452 g/mol. The Balaban J connectivity index is 1.32. The molecule has 4 aliphatic carbocycles. The van der Waals surface area contributed by atoms with Crippen molar-refractivity contribution in [2.75, 3.05) is 6.54 Å². The lowest BCUT2D eigenvalue weighted by Crippen LogP contribution is -2.59. The van der Waals surface area contributed by atoms with Crippen molar-refractivity contribution in [1.29, 1.82) is 0 Å². The van der Waals surface area contributed by atoms with Crippen LogP contribution < -0.4 is 10.6 Å². The summed E-state index contributed by atoms with van der Waals surface area (Å²) in [7, 11) is 0. The van der Waals surface area contributed by atoms with Crippen LogP contribution in [0.3, 0.4) is 0 Å². The molecule has 7 nitrogen and oxygen atoms in total. The van der Waals surface area contributed by atoms with Crippen LogP contribution in [-0.2, 0) is 20.7 Å². The van der Waals surface area contributed by atoms with Gasteiger partial charge < -0.3 is 25.1 Å². The first-order chi connectivity index (χ1) is 15.9. The van der Waals surface area contributed by atoms with Crippen LogP contribution in [-0.4, -0.2) is 41.5 Å². The average Bonchev–Trinajstić information content (AvgIpc) is 3.18. The van der Waals surface area contributed by atoms with Gasteiger partial charge in [-0.1, -0.05) is 18.2 Å². The van der Waals surface area contributed by atoms with E-state index in [1.54, 1.807) is 6.92 Å². The molecule has 4 aliphatic rings. The number of aromatic nitrogens is 1. The quantitative estimate of drug-likeness (QED) is 0.421. The lowest BCUT2D eigenvalue weighted by atomic mass is 9.55. The van der Waals surface area contributed by atoms with Gasteiger partial charge in [0, 0.05) is 36.5 Å². The summed E-state index contributed by atoms with van der Waals surface area (Å²) >= 11 is 0. The minimum Gasteiger partial charge on any atom is -0.446 e. The summed E-state index contributed by atoms with van der Waals surface area (Å²) in [6.07, 6.45) is 8.58. The monoisotopic (exact) mass is 451 g/mol. The molecule has 0 radical (unpaired) electrons. The zero-order valence-electron chi connectivity index (χ0n) is 19.1. The van der Waals surface area contributed by atoms with Crippen molar-refractivity contribution in [1.82, 2.24) is 15.6 Å². The SMILES string of the molecule is C[C@@](Cc1c[nH]c2ccccc12)(NC(=O)OC1C2CC3CC(C2)CC1C3)C(=O)NCCC=O. The Morgan fingerprint density at radius 3 is 2.52 bits per heavy atom. The molecule has 1 aromatic heterocycles. The van der Waals surface area contributed by atoms with Crippen molar-refractivity contribution in [2.45, 2.75) is 63.5 Å². The van der Waals surface area contributed by atoms with Gasteiger partial charge in [0.2, 0.25) is 5.91 Å². The molecular formula is C26H33N3O4. The van der Waals surface area contributed by atoms with Crippen LogP contribution in [0.4, 0.5) is 4.79 Å². The zero-order valence-corrected chi connectivity index (χ0v) is 19.1. The minimum atomic E-state index is -1.21. The smallest absolute Gasteiger partial charge is 0.408 e. The van der Waals surface area contributed by atoms with Crippen molar-refractivity contribution < 1.29 is 19.1 Å². The van der Waals surface area contributed by atoms with Gasteiger partial charge in [-0.3, -0.25) is 4.79 Å². The molecule has 0 aliphatic heterocycles. The molecule has 6 rings (SSSR count). The number of benzene rings is 1. The Morgan fingerprint density at radius 2 is 1.82 bits per heavy atom. The molecule has 3 N–H and O–H groups in total. The van der Waals surface area contributed by atoms with Gasteiger partial charge in [-0.05, 0) is 74.3 Å². The molecule has 33 heavy (non-hydrogen) atoms. The van der Waals surface area contributed by atoms with Crippen molar-refractivity contribution in [3.05, 3.63) is 36.0 Å². The third kappa shape index (κ3) is 4.37. The van der Waals surface area contributed by atoms with Crippen LogP contribution in [0.2, 0.25) is 0 Å². The van der Waals surface area contributed by atoms with E-state index in [-0.39, 0.29) is 25.0 Å². The normalized spacial score (nSPS) is 29.4. The molecule has 0 saturated heterocycles. The number of ether oxygens (including phenoxy) is 1. The summed E-state index contributed by atoms with van der Waals surface area (Å²) in [6.45, 7) is 1.96. The van der Waals surface area contributed by atoms with Crippen molar-refractivity contribution in [3.63, 3.8) is 0 Å². The maximum atomic E-state index is 13.2. The highest BCUT2D eigenvalue weighted by Gasteiger charge is 2.50. The number of amides is 2. The van der Waals surface area contributed by atoms with Gasteiger partial charge >= 0.3 is 6.09 Å². The van der Waals surface area contributed by atoms with Crippen LogP contribution in [0.15, 0.2) is 30.5 Å². The van der Waals surface area contributed by atoms with Gasteiger partial charge in [0.15, 0.2) is 0 Å². The lowest BCUT2D eigenvalue weighted by Gasteiger charge is -2.53. The van der Waals surface area contributed by atoms with Crippen molar-refractivity contribution in [3.8, 4) is 0 Å². The Bertz CT molecular complexity index is 1020. The number of rotatable bonds is 8. The summed E-state index contributed by atoms with van der Waals surface area (Å²) in [6, 6.07) is 7.89. The number of carbonyl (C=O) groups is 3. The second-order valence-corrected chi connectivity index (χ2v) is 10.5. The standard InChI is InChI=1S/C26H33N3O4/c1-26(24(31)27-7-4-8-30,14-20-15-28-22-6-3-2-5-21(20)22)29-25(32)33-23-18-10-16-9-17(12-18)13-19(23)11-16/h2-3,5-6,8,15-19,23,28H,4,7,9-14H2,1H3,(H,27,31)(H,29,32)/t16?,17?,18?,19?,23?,26-/m0/s1. The Morgan fingerprint density at radius 1 is 1.12 bits per heavy atom. The van der Waals surface area contributed by atoms with E-state index >= 15 is 0 Å². The Hall–Kier alpha value is -2.83. The third-order valence-electron chi connectivity index (χ3n) is 8.03. The summed E-state index contributed by atoms with van der Waals surface area (Å²) < 4.78 is 6.01. The van der Waals surface area contributed by atoms with Gasteiger partial charge in [-0.2, -0.15) is 0 Å². The van der Waals surface area contributed by atoms with E-state index in [4.69, 9.17) is 4.74 Å². The maximum absolute atomic E-state index is 13.2. The van der Waals surface area contributed by atoms with Crippen LogP contribution in [0, 0.1) is 23.7 Å². The second-order valence-electron chi connectivity index (χ2n) is 10.5. The molecule has 1 aromatic carbocycles. The third-order valence-corrected chi connectivity index (χ3v) is 8.03. The fourth-order valence-electron chi connectivity index (χ4n) is 6.73. The highest BCUT2D eigenvalue weighted by atomic mass is 16.6. The van der Waals surface area contributed by atoms with Crippen molar-refractivity contribution >= 4 is 29.2 Å². The number of aromatic amines is 1. The topological polar surface area (TPSA) is 100 Å². The van der Waals surface area contributed by atoms with E-state index < -0.39 is 11.6 Å². The number of H-pyrrole nitrogens is 1. The van der Waals surface area contributed by atoms with Gasteiger partial charge in [0.1, 0.15) is 17.9 Å². The molecule has 2 aromatic rings. The number of carbonyl (C=O) groups excluding carboxylic acids is 3. The van der Waals surface area contributed by atoms with Crippen LogP contribution in [0.1, 0.15) is 51.0 Å². The lowest BCUT2D eigenvalue weighted by molar-refractivity contribution is -0.127. The molecule has 0 spiro atoms. The van der Waals surface area contributed by atoms with Gasteiger partial charge in [0.25, 0.3) is 0 Å². The predicted molar refractivity (Wildman–Crippen MR) is 125 cm³/mol. The first kappa shape index (κ1) is 22.0. The fourth-order valence-corrected chi connectivity index (χ4v) is 6.73. The van der Waals surface area contributed by atoms with E-state index in [9.17, 15) is 14.4 Å². The molecular weight excluding hydrogens is 418 g/mol. The highest BCUT2D eigenvalue weighted by Crippen LogP contribution is 2.54. The van der Waals surface area contributed by atoms with Crippen LogP contribution in [0.25, 0.3) is 10.9 Å². The number of para-hydroxylation sites is 1. The Kier molecular flexibility index (Phi) is 5.89. The number of hydrogen-bond donors (Lipinski definition) is 3. The maximum Gasteiger partial charge on any atom is 0.408 e. The summed E-state index contributed by atoms with van der Waals surface area (Å²) in [5.41, 5.74) is 0.706. The van der Waals surface area contributed by atoms with E-state index in [0.29, 0.717) is 18.3 Å². The molecule has 0 unspecified atom stereocenters. The molecule has 4 saturated carbocycles. The molecule has 4 bridgehead atoms. The largest absolute Gasteiger partial charge is 0.446 e. The second kappa shape index (κ2) is 8.84.